The summed E-state index contributed by atoms with van der Waals surface area (Å²) in [5.41, 5.74) is 1.61. The number of rotatable bonds is 3. The van der Waals surface area contributed by atoms with E-state index < -0.39 is 6.10 Å². The molecule has 3 heteroatoms. The predicted molar refractivity (Wildman–Crippen MR) is 66.1 cm³/mol. The van der Waals surface area contributed by atoms with Crippen LogP contribution in [0.3, 0.4) is 0 Å². The average Bonchev–Trinajstić information content (AvgIpc) is 2.30. The molecule has 0 aliphatic carbocycles. The molecule has 17 heavy (non-hydrogen) atoms. The zero-order valence-electron chi connectivity index (χ0n) is 9.92. The molecule has 0 unspecified atom stereocenters. The van der Waals surface area contributed by atoms with Crippen molar-refractivity contribution >= 4 is 0 Å². The van der Waals surface area contributed by atoms with Gasteiger partial charge in [0.15, 0.2) is 0 Å². The molecule has 2 aromatic rings. The van der Waals surface area contributed by atoms with E-state index in [1.807, 2.05) is 43.3 Å². The molecule has 3 nitrogen and oxygen atoms in total. The topological polar surface area (TPSA) is 42.4 Å². The molecule has 2 rings (SSSR count). The van der Waals surface area contributed by atoms with Crippen LogP contribution in [0.15, 0.2) is 42.5 Å². The Labute approximate surface area is 101 Å². The van der Waals surface area contributed by atoms with E-state index in [1.165, 1.54) is 0 Å². The average molecular weight is 229 g/mol. The number of benzene rings is 1. The maximum Gasteiger partial charge on any atom is 0.219 e. The van der Waals surface area contributed by atoms with Gasteiger partial charge in [-0.2, -0.15) is 0 Å². The summed E-state index contributed by atoms with van der Waals surface area (Å²) in [6.07, 6.45) is -0.506. The molecule has 0 saturated heterocycles. The summed E-state index contributed by atoms with van der Waals surface area (Å²) in [7, 11) is 0. The van der Waals surface area contributed by atoms with Gasteiger partial charge in [0.05, 0.1) is 6.10 Å². The van der Waals surface area contributed by atoms with Gasteiger partial charge < -0.3 is 9.84 Å². The summed E-state index contributed by atoms with van der Waals surface area (Å²) in [5, 5.41) is 9.50. The van der Waals surface area contributed by atoms with E-state index in [4.69, 9.17) is 4.74 Å². The lowest BCUT2D eigenvalue weighted by molar-refractivity contribution is 0.198. The number of pyridine rings is 1. The van der Waals surface area contributed by atoms with Crippen LogP contribution in [0.1, 0.15) is 24.3 Å². The molecule has 1 heterocycles. The Bertz CT molecular complexity index is 495. The Morgan fingerprint density at radius 3 is 2.41 bits per heavy atom. The fraction of sp³-hybridized carbons (Fsp3) is 0.214. The second-order valence-electron chi connectivity index (χ2n) is 3.92. The van der Waals surface area contributed by atoms with Gasteiger partial charge in [0.1, 0.15) is 5.75 Å². The van der Waals surface area contributed by atoms with Crippen LogP contribution in [0.25, 0.3) is 0 Å². The fourth-order valence-corrected chi connectivity index (χ4v) is 1.66. The first kappa shape index (κ1) is 11.6. The van der Waals surface area contributed by atoms with Crippen molar-refractivity contribution in [3.8, 4) is 11.6 Å². The van der Waals surface area contributed by atoms with Crippen LogP contribution in [0.5, 0.6) is 11.6 Å². The highest BCUT2D eigenvalue weighted by Gasteiger charge is 2.07. The predicted octanol–water partition coefficient (Wildman–Crippen LogP) is 3.24. The smallest absolute Gasteiger partial charge is 0.219 e. The molecule has 1 aromatic carbocycles. The molecule has 1 N–H and O–H groups in total. The van der Waals surface area contributed by atoms with Crippen molar-refractivity contribution < 1.29 is 9.84 Å². The second kappa shape index (κ2) is 4.97. The third-order valence-electron chi connectivity index (χ3n) is 2.52. The number of para-hydroxylation sites is 1. The molecular weight excluding hydrogens is 214 g/mol. The molecule has 0 aliphatic heterocycles. The maximum absolute atomic E-state index is 9.50. The van der Waals surface area contributed by atoms with Crippen molar-refractivity contribution in [1.29, 1.82) is 0 Å². The fourth-order valence-electron chi connectivity index (χ4n) is 1.66. The second-order valence-corrected chi connectivity index (χ2v) is 3.92. The van der Waals surface area contributed by atoms with Gasteiger partial charge in [-0.15, -0.1) is 0 Å². The Morgan fingerprint density at radius 2 is 1.82 bits per heavy atom. The van der Waals surface area contributed by atoms with Gasteiger partial charge in [0, 0.05) is 17.3 Å². The van der Waals surface area contributed by atoms with E-state index in [-0.39, 0.29) is 0 Å². The van der Waals surface area contributed by atoms with Gasteiger partial charge in [-0.05, 0) is 32.0 Å². The molecule has 1 aromatic heterocycles. The zero-order chi connectivity index (χ0) is 12.3. The van der Waals surface area contributed by atoms with Gasteiger partial charge in [0.25, 0.3) is 0 Å². The summed E-state index contributed by atoms with van der Waals surface area (Å²) in [4.78, 5) is 4.31. The number of aliphatic hydroxyl groups excluding tert-OH is 1. The normalized spacial score (nSPS) is 12.2. The molecule has 0 amide bonds. The first-order chi connectivity index (χ1) is 8.16. The van der Waals surface area contributed by atoms with Crippen LogP contribution in [0.4, 0.5) is 0 Å². The quantitative estimate of drug-likeness (QED) is 0.878. The number of aryl methyl sites for hydroxylation is 1. The zero-order valence-corrected chi connectivity index (χ0v) is 9.92. The lowest BCUT2D eigenvalue weighted by Crippen LogP contribution is -1.98. The first-order valence-corrected chi connectivity index (χ1v) is 5.55. The Hall–Kier alpha value is -1.87. The van der Waals surface area contributed by atoms with Crippen molar-refractivity contribution in [3.05, 3.63) is 53.7 Å². The minimum absolute atomic E-state index is 0.506. The van der Waals surface area contributed by atoms with Crippen molar-refractivity contribution in [3.63, 3.8) is 0 Å². The standard InChI is InChI=1S/C14H15NO2/c1-10-13(11(2)16)8-9-14(15-10)17-12-6-4-3-5-7-12/h3-9,11,16H,1-2H3/t11-/m0/s1. The number of nitrogens with zero attached hydrogens (tertiary/aromatic N) is 1. The highest BCUT2D eigenvalue weighted by Crippen LogP contribution is 2.22. The molecule has 0 spiro atoms. The minimum Gasteiger partial charge on any atom is -0.439 e. The van der Waals surface area contributed by atoms with E-state index in [0.29, 0.717) is 5.88 Å². The lowest BCUT2D eigenvalue weighted by Gasteiger charge is -2.10. The monoisotopic (exact) mass is 229 g/mol. The Morgan fingerprint density at radius 1 is 1.12 bits per heavy atom. The highest BCUT2D eigenvalue weighted by atomic mass is 16.5. The molecular formula is C14H15NO2. The van der Waals surface area contributed by atoms with E-state index in [9.17, 15) is 5.11 Å². The third kappa shape index (κ3) is 2.82. The third-order valence-corrected chi connectivity index (χ3v) is 2.52. The van der Waals surface area contributed by atoms with Crippen LogP contribution in [-0.2, 0) is 0 Å². The summed E-state index contributed by atoms with van der Waals surface area (Å²) in [6.45, 7) is 3.58. The minimum atomic E-state index is -0.506. The van der Waals surface area contributed by atoms with Crippen LogP contribution in [0.2, 0.25) is 0 Å². The number of hydrogen-bond donors (Lipinski definition) is 1. The van der Waals surface area contributed by atoms with Crippen LogP contribution < -0.4 is 4.74 Å². The van der Waals surface area contributed by atoms with Crippen molar-refractivity contribution in [2.24, 2.45) is 0 Å². The van der Waals surface area contributed by atoms with Gasteiger partial charge >= 0.3 is 0 Å². The molecule has 0 aliphatic rings. The largest absolute Gasteiger partial charge is 0.439 e. The van der Waals surface area contributed by atoms with Crippen molar-refractivity contribution in [1.82, 2.24) is 4.98 Å². The van der Waals surface area contributed by atoms with E-state index in [0.717, 1.165) is 17.0 Å². The van der Waals surface area contributed by atoms with E-state index in [1.54, 1.807) is 13.0 Å². The molecule has 0 fully saturated rings. The van der Waals surface area contributed by atoms with Crippen molar-refractivity contribution in [2.45, 2.75) is 20.0 Å². The van der Waals surface area contributed by atoms with Crippen molar-refractivity contribution in [2.75, 3.05) is 0 Å². The number of aromatic nitrogens is 1. The molecule has 0 bridgehead atoms. The van der Waals surface area contributed by atoms with Gasteiger partial charge in [-0.3, -0.25) is 0 Å². The van der Waals surface area contributed by atoms with Crippen LogP contribution >= 0.6 is 0 Å². The van der Waals surface area contributed by atoms with E-state index in [2.05, 4.69) is 4.98 Å². The van der Waals surface area contributed by atoms with Gasteiger partial charge in [0.2, 0.25) is 5.88 Å². The molecule has 1 atom stereocenters. The SMILES string of the molecule is Cc1nc(Oc2ccccc2)ccc1[C@H](C)O. The molecule has 88 valence electrons. The summed E-state index contributed by atoms with van der Waals surface area (Å²) in [5.74, 6) is 1.29. The maximum atomic E-state index is 9.50. The Kier molecular flexibility index (Phi) is 3.40. The Balaban J connectivity index is 2.21. The van der Waals surface area contributed by atoms with Crippen LogP contribution in [0, 0.1) is 6.92 Å². The van der Waals surface area contributed by atoms with E-state index >= 15 is 0 Å². The number of aliphatic hydroxyl groups is 1. The number of ether oxygens (including phenoxy) is 1. The van der Waals surface area contributed by atoms with Gasteiger partial charge in [-0.25, -0.2) is 4.98 Å². The van der Waals surface area contributed by atoms with Crippen LogP contribution in [-0.4, -0.2) is 10.1 Å². The highest BCUT2D eigenvalue weighted by molar-refractivity contribution is 5.30. The summed E-state index contributed by atoms with van der Waals surface area (Å²) < 4.78 is 5.60. The summed E-state index contributed by atoms with van der Waals surface area (Å²) >= 11 is 0. The first-order valence-electron chi connectivity index (χ1n) is 5.55. The molecule has 0 saturated carbocycles. The van der Waals surface area contributed by atoms with Gasteiger partial charge in [-0.1, -0.05) is 18.2 Å². The summed E-state index contributed by atoms with van der Waals surface area (Å²) in [6, 6.07) is 13.1. The number of hydrogen-bond acceptors (Lipinski definition) is 3. The molecule has 0 radical (unpaired) electrons. The lowest BCUT2D eigenvalue weighted by atomic mass is 10.1.